The molecule has 0 unspecified atom stereocenters. The monoisotopic (exact) mass is 478 g/mol. The Kier molecular flexibility index (Phi) is 8.60. The van der Waals surface area contributed by atoms with Crippen LogP contribution in [0.4, 0.5) is 0 Å². The van der Waals surface area contributed by atoms with E-state index in [9.17, 15) is 15.0 Å². The van der Waals surface area contributed by atoms with E-state index in [1.807, 2.05) is 36.7 Å². The molecular weight excluding hydrogens is 444 g/mol. The Morgan fingerprint density at radius 2 is 2.06 bits per heavy atom. The number of aliphatic hydroxyl groups excluding tert-OH is 1. The zero-order valence-electron chi connectivity index (χ0n) is 20.2. The number of methoxy groups -OCH3 is 1. The van der Waals surface area contributed by atoms with Gasteiger partial charge in [-0.25, -0.2) is 9.97 Å². The predicted molar refractivity (Wildman–Crippen MR) is 133 cm³/mol. The average molecular weight is 479 g/mol. The number of benzene rings is 1. The first-order valence-electron chi connectivity index (χ1n) is 12.3. The number of ether oxygens (including phenoxy) is 1. The minimum absolute atomic E-state index is 0.0579. The van der Waals surface area contributed by atoms with Crippen LogP contribution in [0.5, 0.6) is 5.75 Å². The molecule has 0 amide bonds. The van der Waals surface area contributed by atoms with Crippen LogP contribution in [0.25, 0.3) is 10.9 Å². The van der Waals surface area contributed by atoms with Crippen LogP contribution in [0.15, 0.2) is 49.2 Å². The summed E-state index contributed by atoms with van der Waals surface area (Å²) in [5.41, 5.74) is 2.74. The molecule has 0 bridgehead atoms. The number of aryl methyl sites for hydroxylation is 1. The second kappa shape index (κ2) is 12.0. The van der Waals surface area contributed by atoms with Crippen LogP contribution in [0.2, 0.25) is 0 Å². The number of aliphatic carboxylic acids is 1. The van der Waals surface area contributed by atoms with Gasteiger partial charge in [0, 0.05) is 30.5 Å². The number of aromatic nitrogens is 3. The van der Waals surface area contributed by atoms with Crippen LogP contribution in [-0.2, 0) is 11.2 Å². The molecular formula is C27H34N4O4. The third-order valence-electron chi connectivity index (χ3n) is 7.11. The largest absolute Gasteiger partial charge is 0.497 e. The van der Waals surface area contributed by atoms with Crippen molar-refractivity contribution in [3.8, 4) is 5.75 Å². The van der Waals surface area contributed by atoms with Gasteiger partial charge in [-0.15, -0.1) is 0 Å². The number of likely N-dealkylation sites (tertiary alicyclic amines) is 1. The number of carboxylic acids is 1. The number of rotatable bonds is 11. The molecule has 186 valence electrons. The molecule has 0 saturated carbocycles. The van der Waals surface area contributed by atoms with Crippen molar-refractivity contribution in [2.75, 3.05) is 26.7 Å². The summed E-state index contributed by atoms with van der Waals surface area (Å²) in [5.74, 6) is -0.376. The van der Waals surface area contributed by atoms with Gasteiger partial charge in [0.1, 0.15) is 12.1 Å². The lowest BCUT2D eigenvalue weighted by Crippen LogP contribution is -2.44. The summed E-state index contributed by atoms with van der Waals surface area (Å²) in [6, 6.07) is 7.47. The lowest BCUT2D eigenvalue weighted by Gasteiger charge is -2.37. The fraction of sp³-hybridized carbons (Fsp3) is 0.481. The Morgan fingerprint density at radius 1 is 1.23 bits per heavy atom. The number of carbonyl (C=O) groups is 1. The molecule has 0 aliphatic carbocycles. The Hall–Kier alpha value is -3.10. The van der Waals surface area contributed by atoms with E-state index in [-0.39, 0.29) is 5.92 Å². The highest BCUT2D eigenvalue weighted by Gasteiger charge is 2.34. The van der Waals surface area contributed by atoms with Gasteiger partial charge in [0.05, 0.1) is 24.6 Å². The normalized spacial score (nSPS) is 19.5. The highest BCUT2D eigenvalue weighted by molar-refractivity contribution is 5.83. The summed E-state index contributed by atoms with van der Waals surface area (Å²) in [4.78, 5) is 26.8. The Morgan fingerprint density at radius 3 is 2.83 bits per heavy atom. The SMILES string of the molecule is COc1ccc2nccc([C@H](O)CC[C@@H]3CCN(CCCCc4cncnc4)C[C@@H]3C(=O)O)c2c1. The molecule has 2 aromatic heterocycles. The van der Waals surface area contributed by atoms with Crippen LogP contribution in [0, 0.1) is 11.8 Å². The number of hydrogen-bond donors (Lipinski definition) is 2. The number of pyridine rings is 1. The van der Waals surface area contributed by atoms with Crippen molar-refractivity contribution in [2.45, 2.75) is 44.6 Å². The van der Waals surface area contributed by atoms with Crippen molar-refractivity contribution in [3.05, 3.63) is 60.3 Å². The second-order valence-electron chi connectivity index (χ2n) is 9.37. The van der Waals surface area contributed by atoms with Crippen molar-refractivity contribution in [2.24, 2.45) is 11.8 Å². The lowest BCUT2D eigenvalue weighted by molar-refractivity contribution is -0.146. The molecule has 0 spiro atoms. The van der Waals surface area contributed by atoms with Gasteiger partial charge >= 0.3 is 5.97 Å². The molecule has 3 atom stereocenters. The summed E-state index contributed by atoms with van der Waals surface area (Å²) in [5, 5.41) is 21.8. The van der Waals surface area contributed by atoms with Gasteiger partial charge in [-0.1, -0.05) is 0 Å². The van der Waals surface area contributed by atoms with Gasteiger partial charge in [0.25, 0.3) is 0 Å². The predicted octanol–water partition coefficient (Wildman–Crippen LogP) is 3.89. The van der Waals surface area contributed by atoms with Crippen LogP contribution in [-0.4, -0.2) is 62.8 Å². The van der Waals surface area contributed by atoms with Gasteiger partial charge in [-0.05, 0) is 92.9 Å². The van der Waals surface area contributed by atoms with Gasteiger partial charge in [-0.2, -0.15) is 0 Å². The molecule has 2 N–H and O–H groups in total. The van der Waals surface area contributed by atoms with Crippen molar-refractivity contribution in [1.82, 2.24) is 19.9 Å². The van der Waals surface area contributed by atoms with E-state index in [0.29, 0.717) is 19.4 Å². The fourth-order valence-corrected chi connectivity index (χ4v) is 5.11. The first-order chi connectivity index (χ1) is 17.0. The molecule has 0 radical (unpaired) electrons. The second-order valence-corrected chi connectivity index (χ2v) is 9.37. The van der Waals surface area contributed by atoms with E-state index in [0.717, 1.165) is 66.6 Å². The number of carboxylic acid groups (broad SMARTS) is 1. The van der Waals surface area contributed by atoms with E-state index in [4.69, 9.17) is 4.74 Å². The zero-order chi connectivity index (χ0) is 24.6. The van der Waals surface area contributed by atoms with E-state index in [1.54, 1.807) is 13.3 Å². The molecule has 1 aromatic carbocycles. The number of unbranched alkanes of at least 4 members (excludes halogenated alkanes) is 1. The van der Waals surface area contributed by atoms with Crippen LogP contribution >= 0.6 is 0 Å². The summed E-state index contributed by atoms with van der Waals surface area (Å²) in [6.07, 6.45) is 11.3. The summed E-state index contributed by atoms with van der Waals surface area (Å²) < 4.78 is 5.34. The fourth-order valence-electron chi connectivity index (χ4n) is 5.11. The first-order valence-corrected chi connectivity index (χ1v) is 12.3. The highest BCUT2D eigenvalue weighted by Crippen LogP contribution is 2.33. The van der Waals surface area contributed by atoms with Crippen LogP contribution < -0.4 is 4.74 Å². The molecule has 4 rings (SSSR count). The van der Waals surface area contributed by atoms with Gasteiger partial charge < -0.3 is 19.8 Å². The quantitative estimate of drug-likeness (QED) is 0.400. The van der Waals surface area contributed by atoms with Crippen molar-refractivity contribution >= 4 is 16.9 Å². The minimum atomic E-state index is -0.741. The molecule has 8 nitrogen and oxygen atoms in total. The molecule has 1 aliphatic rings. The lowest BCUT2D eigenvalue weighted by atomic mass is 9.81. The van der Waals surface area contributed by atoms with E-state index >= 15 is 0 Å². The number of nitrogens with zero attached hydrogens (tertiary/aromatic N) is 4. The molecule has 35 heavy (non-hydrogen) atoms. The molecule has 3 aromatic rings. The summed E-state index contributed by atoms with van der Waals surface area (Å²) >= 11 is 0. The zero-order valence-corrected chi connectivity index (χ0v) is 20.2. The molecule has 3 heterocycles. The number of hydrogen-bond acceptors (Lipinski definition) is 7. The van der Waals surface area contributed by atoms with Crippen molar-refractivity contribution in [1.29, 1.82) is 0 Å². The van der Waals surface area contributed by atoms with Crippen LogP contribution in [0.1, 0.15) is 49.3 Å². The van der Waals surface area contributed by atoms with Gasteiger partial charge in [0.2, 0.25) is 0 Å². The molecule has 1 fully saturated rings. The molecule has 1 aliphatic heterocycles. The smallest absolute Gasteiger partial charge is 0.308 e. The van der Waals surface area contributed by atoms with Crippen LogP contribution in [0.3, 0.4) is 0 Å². The third-order valence-corrected chi connectivity index (χ3v) is 7.11. The van der Waals surface area contributed by atoms with E-state index < -0.39 is 18.0 Å². The number of fused-ring (bicyclic) bond motifs is 1. The summed E-state index contributed by atoms with van der Waals surface area (Å²) in [6.45, 7) is 2.37. The maximum absolute atomic E-state index is 12.1. The highest BCUT2D eigenvalue weighted by atomic mass is 16.5. The van der Waals surface area contributed by atoms with Gasteiger partial charge in [-0.3, -0.25) is 9.78 Å². The standard InChI is InChI=1S/C27H34N4O4/c1-35-21-6-7-25-23(14-21)22(9-11-30-25)26(32)8-5-20-10-13-31(17-24(20)27(33)34)12-3-2-4-19-15-28-18-29-16-19/h6-7,9,11,14-16,18,20,24,26,32H,2-5,8,10,12-13,17H2,1H3,(H,33,34)/t20-,24+,26-/m1/s1. The maximum Gasteiger partial charge on any atom is 0.308 e. The Labute approximate surface area is 206 Å². The minimum Gasteiger partial charge on any atom is -0.497 e. The van der Waals surface area contributed by atoms with E-state index in [1.165, 1.54) is 6.33 Å². The third kappa shape index (κ3) is 6.52. The number of piperidine rings is 1. The molecule has 1 saturated heterocycles. The topological polar surface area (TPSA) is 109 Å². The Balaban J connectivity index is 1.30. The van der Waals surface area contributed by atoms with Crippen molar-refractivity contribution in [3.63, 3.8) is 0 Å². The van der Waals surface area contributed by atoms with Crippen molar-refractivity contribution < 1.29 is 19.7 Å². The first kappa shape index (κ1) is 25.0. The Bertz CT molecular complexity index is 1110. The van der Waals surface area contributed by atoms with Gasteiger partial charge in [0.15, 0.2) is 0 Å². The average Bonchev–Trinajstić information content (AvgIpc) is 2.89. The number of aliphatic hydroxyl groups is 1. The molecule has 8 heteroatoms. The maximum atomic E-state index is 12.1. The summed E-state index contributed by atoms with van der Waals surface area (Å²) in [7, 11) is 1.62. The van der Waals surface area contributed by atoms with E-state index in [2.05, 4.69) is 19.9 Å².